The van der Waals surface area contributed by atoms with Crippen molar-refractivity contribution in [3.05, 3.63) is 71.9 Å². The summed E-state index contributed by atoms with van der Waals surface area (Å²) in [4.78, 5) is 21.4. The molecule has 0 atom stereocenters. The summed E-state index contributed by atoms with van der Waals surface area (Å²) >= 11 is 0. The predicted octanol–water partition coefficient (Wildman–Crippen LogP) is 2.08. The number of carbonyl (C=O) groups excluding carboxylic acids is 1. The molecule has 5 nitrogen and oxygen atoms in total. The average Bonchev–Trinajstić information content (AvgIpc) is 2.44. The van der Waals surface area contributed by atoms with Gasteiger partial charge in [-0.1, -0.05) is 18.2 Å². The van der Waals surface area contributed by atoms with Crippen LogP contribution in [0.15, 0.2) is 60.5 Å². The van der Waals surface area contributed by atoms with Crippen LogP contribution >= 0.6 is 0 Å². The number of rotatable bonds is 7. The van der Waals surface area contributed by atoms with E-state index in [-0.39, 0.29) is 5.82 Å². The Labute approximate surface area is 120 Å². The Hall–Kier alpha value is -2.89. The fourth-order valence-electron chi connectivity index (χ4n) is 1.30. The molecule has 0 heterocycles. The summed E-state index contributed by atoms with van der Waals surface area (Å²) in [6, 6.07) is 6.02. The smallest absolute Gasteiger partial charge is 0.371 e. The lowest BCUT2D eigenvalue weighted by Gasteiger charge is -2.00. The Kier molecular flexibility index (Phi) is 6.40. The first-order chi connectivity index (χ1) is 9.99. The van der Waals surface area contributed by atoms with Crippen molar-refractivity contribution in [1.29, 1.82) is 0 Å². The van der Waals surface area contributed by atoms with E-state index >= 15 is 0 Å². The molecule has 0 aliphatic heterocycles. The molecular weight excluding hydrogens is 277 g/mol. The number of hydrogen-bond donors (Lipinski definition) is 3. The fraction of sp³-hybridized carbons (Fsp3) is 0.0667. The molecule has 0 saturated carbocycles. The van der Waals surface area contributed by atoms with Gasteiger partial charge in [-0.3, -0.25) is 4.79 Å². The number of carboxylic acid groups (broad SMARTS) is 1. The molecule has 0 bridgehead atoms. The van der Waals surface area contributed by atoms with Gasteiger partial charge in [0.1, 0.15) is 5.82 Å². The van der Waals surface area contributed by atoms with Gasteiger partial charge in [0.05, 0.1) is 0 Å². The highest BCUT2D eigenvalue weighted by molar-refractivity contribution is 6.03. The van der Waals surface area contributed by atoms with Crippen LogP contribution in [0.3, 0.4) is 0 Å². The Balaban J connectivity index is 2.36. The van der Waals surface area contributed by atoms with E-state index < -0.39 is 17.5 Å². The largest absolute Gasteiger partial charge is 0.502 e. The maximum absolute atomic E-state index is 12.7. The van der Waals surface area contributed by atoms with E-state index in [4.69, 9.17) is 10.2 Å². The van der Waals surface area contributed by atoms with Crippen molar-refractivity contribution in [3.8, 4) is 0 Å². The molecule has 21 heavy (non-hydrogen) atoms. The third kappa shape index (κ3) is 6.72. The summed E-state index contributed by atoms with van der Waals surface area (Å²) in [6.07, 6.45) is 6.22. The summed E-state index contributed by atoms with van der Waals surface area (Å²) < 4.78 is 12.7. The maximum atomic E-state index is 12.7. The fourth-order valence-corrected chi connectivity index (χ4v) is 1.30. The summed E-state index contributed by atoms with van der Waals surface area (Å²) in [5.41, 5.74) is 0.899. The highest BCUT2D eigenvalue weighted by Crippen LogP contribution is 2.01. The number of aliphatic hydroxyl groups is 1. The van der Waals surface area contributed by atoms with Crippen LogP contribution in [-0.4, -0.2) is 22.0 Å². The molecular formula is C15H14FNO4. The first kappa shape index (κ1) is 16.2. The third-order valence-electron chi connectivity index (χ3n) is 2.30. The van der Waals surface area contributed by atoms with E-state index in [9.17, 15) is 14.0 Å². The first-order valence-electron chi connectivity index (χ1n) is 5.98. The lowest BCUT2D eigenvalue weighted by molar-refractivity contribution is -0.135. The zero-order valence-electron chi connectivity index (χ0n) is 11.0. The number of carboxylic acids is 1. The van der Waals surface area contributed by atoms with Crippen molar-refractivity contribution in [1.82, 2.24) is 5.32 Å². The lowest BCUT2D eigenvalue weighted by Crippen LogP contribution is -2.03. The van der Waals surface area contributed by atoms with Gasteiger partial charge < -0.3 is 15.5 Å². The number of hydrogen-bond acceptors (Lipinski definition) is 4. The average molecular weight is 291 g/mol. The van der Waals surface area contributed by atoms with E-state index in [1.54, 1.807) is 18.3 Å². The van der Waals surface area contributed by atoms with Crippen LogP contribution in [0, 0.1) is 5.82 Å². The Morgan fingerprint density at radius 2 is 1.81 bits per heavy atom. The van der Waals surface area contributed by atoms with Gasteiger partial charge in [-0.05, 0) is 36.0 Å². The summed E-state index contributed by atoms with van der Waals surface area (Å²) in [5, 5.41) is 20.1. The van der Waals surface area contributed by atoms with Gasteiger partial charge >= 0.3 is 5.97 Å². The highest BCUT2D eigenvalue weighted by Gasteiger charge is 2.04. The van der Waals surface area contributed by atoms with Crippen LogP contribution in [0.25, 0.3) is 0 Å². The molecule has 3 N–H and O–H groups in total. The van der Waals surface area contributed by atoms with Gasteiger partial charge in [0, 0.05) is 12.6 Å². The molecule has 0 spiro atoms. The molecule has 6 heteroatoms. The normalized spacial score (nSPS) is 12.0. The second-order valence-corrected chi connectivity index (χ2v) is 3.96. The van der Waals surface area contributed by atoms with Crippen LogP contribution in [0.1, 0.15) is 5.56 Å². The molecule has 0 aromatic heterocycles. The SMILES string of the molecule is O=C(/C=C(\O)C(=O)O)/C=C/C=C\NCc1ccc(F)cc1. The molecule has 0 fully saturated rings. The maximum Gasteiger partial charge on any atom is 0.371 e. The quantitative estimate of drug-likeness (QED) is 0.407. The van der Waals surface area contributed by atoms with Crippen LogP contribution in [0.2, 0.25) is 0 Å². The molecule has 0 aliphatic rings. The zero-order chi connectivity index (χ0) is 15.7. The van der Waals surface area contributed by atoms with Gasteiger partial charge in [0.15, 0.2) is 5.78 Å². The molecule has 0 amide bonds. The number of carbonyl (C=O) groups is 2. The zero-order valence-corrected chi connectivity index (χ0v) is 11.0. The van der Waals surface area contributed by atoms with E-state index in [0.717, 1.165) is 11.6 Å². The van der Waals surface area contributed by atoms with Crippen molar-refractivity contribution in [2.45, 2.75) is 6.54 Å². The van der Waals surface area contributed by atoms with Crippen molar-refractivity contribution >= 4 is 11.8 Å². The summed E-state index contributed by atoms with van der Waals surface area (Å²) in [5.74, 6) is -3.51. The van der Waals surface area contributed by atoms with Gasteiger partial charge in [0.25, 0.3) is 0 Å². The van der Waals surface area contributed by atoms with Crippen molar-refractivity contribution in [3.63, 3.8) is 0 Å². The van der Waals surface area contributed by atoms with E-state index in [2.05, 4.69) is 5.32 Å². The van der Waals surface area contributed by atoms with Crippen LogP contribution in [0.4, 0.5) is 4.39 Å². The van der Waals surface area contributed by atoms with Gasteiger partial charge in [0.2, 0.25) is 5.76 Å². The number of nitrogens with one attached hydrogen (secondary N) is 1. The first-order valence-corrected chi connectivity index (χ1v) is 5.98. The second kappa shape index (κ2) is 8.31. The second-order valence-electron chi connectivity index (χ2n) is 3.96. The topological polar surface area (TPSA) is 86.6 Å². The number of benzene rings is 1. The number of halogens is 1. The molecule has 0 radical (unpaired) electrons. The third-order valence-corrected chi connectivity index (χ3v) is 2.30. The minimum atomic E-state index is -1.56. The van der Waals surface area contributed by atoms with Crippen molar-refractivity contribution in [2.75, 3.05) is 0 Å². The number of aliphatic carboxylic acids is 1. The minimum Gasteiger partial charge on any atom is -0.502 e. The van der Waals surface area contributed by atoms with E-state index in [0.29, 0.717) is 12.6 Å². The highest BCUT2D eigenvalue weighted by atomic mass is 19.1. The molecule has 1 aromatic rings. The molecule has 0 saturated heterocycles. The standard InChI is InChI=1S/C15H14FNO4/c16-12-6-4-11(5-7-12)10-17-8-2-1-3-13(18)9-14(19)15(20)21/h1-9,17,19H,10H2,(H,20,21)/b3-1+,8-2-,14-9-. The van der Waals surface area contributed by atoms with Gasteiger partial charge in [-0.15, -0.1) is 0 Å². The number of aliphatic hydroxyl groups excluding tert-OH is 1. The molecule has 110 valence electrons. The minimum absolute atomic E-state index is 0.298. The number of allylic oxidation sites excluding steroid dienone is 4. The van der Waals surface area contributed by atoms with Crippen LogP contribution < -0.4 is 5.32 Å². The van der Waals surface area contributed by atoms with E-state index in [1.165, 1.54) is 24.3 Å². The van der Waals surface area contributed by atoms with Gasteiger partial charge in [-0.2, -0.15) is 0 Å². The summed E-state index contributed by atoms with van der Waals surface area (Å²) in [7, 11) is 0. The number of ketones is 1. The summed E-state index contributed by atoms with van der Waals surface area (Å²) in [6.45, 7) is 0.498. The van der Waals surface area contributed by atoms with Crippen molar-refractivity contribution in [2.24, 2.45) is 0 Å². The van der Waals surface area contributed by atoms with E-state index in [1.807, 2.05) is 0 Å². The Morgan fingerprint density at radius 1 is 1.14 bits per heavy atom. The Morgan fingerprint density at radius 3 is 2.43 bits per heavy atom. The Bertz CT molecular complexity index is 588. The molecule has 0 unspecified atom stereocenters. The van der Waals surface area contributed by atoms with Crippen molar-refractivity contribution < 1.29 is 24.2 Å². The monoisotopic (exact) mass is 291 g/mol. The van der Waals surface area contributed by atoms with Gasteiger partial charge in [-0.25, -0.2) is 9.18 Å². The van der Waals surface area contributed by atoms with Crippen LogP contribution in [-0.2, 0) is 16.1 Å². The molecule has 1 rings (SSSR count). The molecule has 1 aromatic carbocycles. The van der Waals surface area contributed by atoms with Crippen LogP contribution in [0.5, 0.6) is 0 Å². The predicted molar refractivity (Wildman–Crippen MR) is 74.9 cm³/mol. The lowest BCUT2D eigenvalue weighted by atomic mass is 10.2. The molecule has 0 aliphatic carbocycles.